The quantitative estimate of drug-likeness (QED) is 0.188. The van der Waals surface area contributed by atoms with E-state index >= 15 is 0 Å². The van der Waals surface area contributed by atoms with Crippen LogP contribution in [0.3, 0.4) is 0 Å². The summed E-state index contributed by atoms with van der Waals surface area (Å²) in [5.74, 6) is 1.46. The van der Waals surface area contributed by atoms with Crippen LogP contribution in [0.15, 0.2) is 178 Å². The Labute approximate surface area is 303 Å². The van der Waals surface area contributed by atoms with Gasteiger partial charge in [-0.05, 0) is 68.6 Å². The number of furan rings is 1. The van der Waals surface area contributed by atoms with Gasteiger partial charge in [-0.2, -0.15) is 0 Å². The Kier molecular flexibility index (Phi) is 6.45. The summed E-state index contributed by atoms with van der Waals surface area (Å²) >= 11 is 1.84. The van der Waals surface area contributed by atoms with Gasteiger partial charge >= 0.3 is 0 Å². The molecule has 1 unspecified atom stereocenters. The summed E-state index contributed by atoms with van der Waals surface area (Å²) in [4.78, 5) is 10.5. The largest absolute Gasteiger partial charge is 0.456 e. The average molecular weight is 684 g/mol. The molecule has 8 aromatic carbocycles. The maximum Gasteiger partial charge on any atom is 0.159 e. The van der Waals surface area contributed by atoms with Crippen LogP contribution in [0.5, 0.6) is 0 Å². The smallest absolute Gasteiger partial charge is 0.159 e. The summed E-state index contributed by atoms with van der Waals surface area (Å²) < 4.78 is 9.19. The number of nitrogens with zero attached hydrogens (tertiary/aromatic N) is 2. The van der Waals surface area contributed by atoms with Crippen LogP contribution in [0.1, 0.15) is 22.9 Å². The van der Waals surface area contributed by atoms with E-state index in [-0.39, 0.29) is 6.17 Å². The van der Waals surface area contributed by atoms with Gasteiger partial charge in [0, 0.05) is 42.1 Å². The normalized spacial score (nSPS) is 14.7. The highest BCUT2D eigenvalue weighted by atomic mass is 32.1. The minimum atomic E-state index is -0.324. The van der Waals surface area contributed by atoms with Gasteiger partial charge in [-0.3, -0.25) is 0 Å². The van der Waals surface area contributed by atoms with E-state index in [0.29, 0.717) is 5.84 Å². The van der Waals surface area contributed by atoms with Crippen molar-refractivity contribution in [1.82, 2.24) is 5.32 Å². The fourth-order valence-electron chi connectivity index (χ4n) is 7.96. The Morgan fingerprint density at radius 3 is 2.02 bits per heavy atom. The van der Waals surface area contributed by atoms with Crippen molar-refractivity contribution in [1.29, 1.82) is 0 Å². The van der Waals surface area contributed by atoms with Crippen molar-refractivity contribution < 1.29 is 4.42 Å². The van der Waals surface area contributed by atoms with Crippen LogP contribution in [-0.2, 0) is 0 Å². The fraction of sp³-hybridized carbons (Fsp3) is 0.0213. The third-order valence-corrected chi connectivity index (χ3v) is 11.5. The van der Waals surface area contributed by atoms with Gasteiger partial charge in [0.2, 0.25) is 0 Å². The topological polar surface area (TPSA) is 49.9 Å². The number of fused-ring (bicyclic) bond motifs is 9. The molecule has 0 bridgehead atoms. The van der Waals surface area contributed by atoms with Gasteiger partial charge in [0.05, 0.1) is 0 Å². The first-order valence-electron chi connectivity index (χ1n) is 17.5. The Morgan fingerprint density at radius 2 is 1.15 bits per heavy atom. The molecule has 0 spiro atoms. The monoisotopic (exact) mass is 683 g/mol. The number of hydrogen-bond acceptors (Lipinski definition) is 5. The molecule has 244 valence electrons. The van der Waals surface area contributed by atoms with E-state index < -0.39 is 0 Å². The number of rotatable bonds is 4. The highest BCUT2D eigenvalue weighted by molar-refractivity contribution is 7.25. The summed E-state index contributed by atoms with van der Waals surface area (Å²) in [5, 5.41) is 13.2. The molecule has 3 heterocycles. The summed E-state index contributed by atoms with van der Waals surface area (Å²) in [6.07, 6.45) is -0.324. The Balaban J connectivity index is 1.13. The van der Waals surface area contributed by atoms with Crippen molar-refractivity contribution in [2.24, 2.45) is 9.98 Å². The average Bonchev–Trinajstić information content (AvgIpc) is 3.80. The molecule has 1 N–H and O–H groups in total. The molecule has 0 fully saturated rings. The maximum atomic E-state index is 6.62. The number of hydrogen-bond donors (Lipinski definition) is 1. The van der Waals surface area contributed by atoms with Crippen LogP contribution in [0.25, 0.3) is 74.8 Å². The lowest BCUT2D eigenvalue weighted by Crippen LogP contribution is -2.33. The molecule has 1 aliphatic rings. The predicted molar refractivity (Wildman–Crippen MR) is 219 cm³/mol. The Hall–Kier alpha value is -6.56. The molecule has 10 aromatic rings. The molecule has 0 amide bonds. The number of amidine groups is 2. The standard InChI is InChI=1S/C47H29N3OS/c1-2-12-29(13-3-1)45-48-46(31-25-26-33-30(27-31)24-23-28-11-4-5-14-32(28)33)50-47(49-45)37-18-9-20-39-44(37)43-35(16-8-19-38(43)51-39)34-17-10-22-41-42(34)36-15-6-7-21-40(36)52-41/h1-27,45H,(H,48,49,50). The zero-order valence-corrected chi connectivity index (χ0v) is 28.7. The predicted octanol–water partition coefficient (Wildman–Crippen LogP) is 12.4. The molecular weight excluding hydrogens is 655 g/mol. The molecule has 0 saturated carbocycles. The van der Waals surface area contributed by atoms with Crippen molar-refractivity contribution in [3.63, 3.8) is 0 Å². The number of nitrogens with one attached hydrogen (secondary N) is 1. The van der Waals surface area contributed by atoms with Gasteiger partial charge in [-0.1, -0.05) is 133 Å². The van der Waals surface area contributed by atoms with Crippen LogP contribution >= 0.6 is 11.3 Å². The summed E-state index contributed by atoms with van der Waals surface area (Å²) in [6.45, 7) is 0. The Bertz CT molecular complexity index is 3120. The van der Waals surface area contributed by atoms with Crippen molar-refractivity contribution in [3.05, 3.63) is 180 Å². The lowest BCUT2D eigenvalue weighted by atomic mass is 9.94. The van der Waals surface area contributed by atoms with Crippen LogP contribution in [0.4, 0.5) is 0 Å². The lowest BCUT2D eigenvalue weighted by molar-refractivity contribution is 0.668. The van der Waals surface area contributed by atoms with E-state index in [1.54, 1.807) is 0 Å². The molecule has 1 aliphatic heterocycles. The first-order valence-corrected chi connectivity index (χ1v) is 18.3. The number of benzene rings is 8. The lowest BCUT2D eigenvalue weighted by Gasteiger charge is -2.24. The summed E-state index contributed by atoms with van der Waals surface area (Å²) in [6, 6.07) is 57.9. The van der Waals surface area contributed by atoms with Gasteiger partial charge in [0.25, 0.3) is 0 Å². The molecule has 4 nitrogen and oxygen atoms in total. The second-order valence-corrected chi connectivity index (χ2v) is 14.4. The Morgan fingerprint density at radius 1 is 0.500 bits per heavy atom. The van der Waals surface area contributed by atoms with Gasteiger partial charge in [0.1, 0.15) is 23.2 Å². The number of aliphatic imine (C=N–C) groups is 2. The molecule has 0 saturated heterocycles. The number of thiophene rings is 1. The minimum absolute atomic E-state index is 0.324. The molecule has 52 heavy (non-hydrogen) atoms. The summed E-state index contributed by atoms with van der Waals surface area (Å²) in [5.41, 5.74) is 7.04. The molecule has 0 aliphatic carbocycles. The first-order chi connectivity index (χ1) is 25.8. The van der Waals surface area contributed by atoms with Crippen LogP contribution in [0, 0.1) is 0 Å². The zero-order chi connectivity index (χ0) is 34.2. The third-order valence-electron chi connectivity index (χ3n) is 10.3. The van der Waals surface area contributed by atoms with E-state index in [1.165, 1.54) is 41.9 Å². The molecule has 5 heteroatoms. The van der Waals surface area contributed by atoms with E-state index in [0.717, 1.165) is 55.4 Å². The van der Waals surface area contributed by atoms with Gasteiger partial charge in [0.15, 0.2) is 5.84 Å². The third kappa shape index (κ3) is 4.53. The molecule has 1 atom stereocenters. The summed E-state index contributed by atoms with van der Waals surface area (Å²) in [7, 11) is 0. The second kappa shape index (κ2) is 11.5. The van der Waals surface area contributed by atoms with E-state index in [2.05, 4.69) is 163 Å². The van der Waals surface area contributed by atoms with E-state index in [9.17, 15) is 0 Å². The van der Waals surface area contributed by atoms with Crippen molar-refractivity contribution in [2.45, 2.75) is 6.17 Å². The van der Waals surface area contributed by atoms with Crippen molar-refractivity contribution >= 4 is 86.7 Å². The van der Waals surface area contributed by atoms with Gasteiger partial charge < -0.3 is 9.73 Å². The van der Waals surface area contributed by atoms with E-state index in [4.69, 9.17) is 14.4 Å². The first kappa shape index (κ1) is 29.2. The van der Waals surface area contributed by atoms with Gasteiger partial charge in [-0.15, -0.1) is 11.3 Å². The second-order valence-electron chi connectivity index (χ2n) is 13.3. The van der Waals surface area contributed by atoms with Crippen molar-refractivity contribution in [2.75, 3.05) is 0 Å². The maximum absolute atomic E-state index is 6.62. The molecular formula is C47H29N3OS. The SMILES string of the molecule is c1ccc(C2N=C(c3ccc4c(ccc5ccccc54)c3)N=C(c3cccc4oc5cccc(-c6cccc7sc8ccccc8c67)c5c34)N2)cc1. The molecule has 0 radical (unpaired) electrons. The fourth-order valence-corrected chi connectivity index (χ4v) is 9.09. The van der Waals surface area contributed by atoms with Gasteiger partial charge in [-0.25, -0.2) is 9.98 Å². The van der Waals surface area contributed by atoms with Crippen molar-refractivity contribution in [3.8, 4) is 11.1 Å². The van der Waals surface area contributed by atoms with Crippen LogP contribution in [0.2, 0.25) is 0 Å². The molecule has 11 rings (SSSR count). The zero-order valence-electron chi connectivity index (χ0n) is 27.9. The molecule has 2 aromatic heterocycles. The minimum Gasteiger partial charge on any atom is -0.456 e. The van der Waals surface area contributed by atoms with E-state index in [1.807, 2.05) is 17.4 Å². The highest BCUT2D eigenvalue weighted by Gasteiger charge is 2.25. The highest BCUT2D eigenvalue weighted by Crippen LogP contribution is 2.44. The van der Waals surface area contributed by atoms with Crippen LogP contribution in [-0.4, -0.2) is 11.7 Å². The van der Waals surface area contributed by atoms with Crippen LogP contribution < -0.4 is 5.32 Å².